The first kappa shape index (κ1) is 11.2. The van der Waals surface area contributed by atoms with E-state index < -0.39 is 0 Å². The molecule has 0 aliphatic carbocycles. The second-order valence-corrected chi connectivity index (χ2v) is 5.61. The third-order valence-electron chi connectivity index (χ3n) is 1.85. The van der Waals surface area contributed by atoms with Crippen LogP contribution in [0.1, 0.15) is 18.2 Å². The Morgan fingerprint density at radius 1 is 1.62 bits per heavy atom. The quantitative estimate of drug-likeness (QED) is 0.855. The van der Waals surface area contributed by atoms with Gasteiger partial charge in [0.2, 0.25) is 0 Å². The van der Waals surface area contributed by atoms with Crippen molar-refractivity contribution in [3.05, 3.63) is 20.8 Å². The molecule has 2 nitrogen and oxygen atoms in total. The topological polar surface area (TPSA) is 38.0 Å². The monoisotopic (exact) mass is 262 g/mol. The van der Waals surface area contributed by atoms with Crippen molar-refractivity contribution >= 4 is 27.3 Å². The second kappa shape index (κ2) is 5.75. The highest BCUT2D eigenvalue weighted by Gasteiger charge is 2.01. The minimum Gasteiger partial charge on any atom is -0.330 e. The van der Waals surface area contributed by atoms with Crippen LogP contribution >= 0.6 is 27.3 Å². The van der Waals surface area contributed by atoms with E-state index in [-0.39, 0.29) is 0 Å². The Kier molecular flexibility index (Phi) is 4.94. The van der Waals surface area contributed by atoms with Crippen LogP contribution in [0.4, 0.5) is 0 Å². The Labute approximate surface area is 91.7 Å². The lowest BCUT2D eigenvalue weighted by molar-refractivity contribution is 0.522. The molecule has 1 aromatic rings. The molecule has 1 heterocycles. The van der Waals surface area contributed by atoms with Crippen LogP contribution in [0.2, 0.25) is 0 Å². The first-order chi connectivity index (χ1) is 6.22. The van der Waals surface area contributed by atoms with Gasteiger partial charge in [0.1, 0.15) is 0 Å². The summed E-state index contributed by atoms with van der Waals surface area (Å²) in [5.74, 6) is 0. The molecule has 0 fully saturated rings. The zero-order valence-electron chi connectivity index (χ0n) is 7.72. The first-order valence-electron chi connectivity index (χ1n) is 4.40. The summed E-state index contributed by atoms with van der Waals surface area (Å²) < 4.78 is 1.19. The van der Waals surface area contributed by atoms with Gasteiger partial charge in [0.25, 0.3) is 0 Å². The molecule has 0 aromatic carbocycles. The Balaban J connectivity index is 2.26. The molecule has 0 amide bonds. The Morgan fingerprint density at radius 2 is 2.38 bits per heavy atom. The average Bonchev–Trinajstić information content (AvgIpc) is 2.49. The van der Waals surface area contributed by atoms with Gasteiger partial charge >= 0.3 is 0 Å². The molecule has 0 aliphatic rings. The fourth-order valence-corrected chi connectivity index (χ4v) is 2.51. The zero-order valence-corrected chi connectivity index (χ0v) is 10.1. The van der Waals surface area contributed by atoms with Crippen LogP contribution in [0.15, 0.2) is 15.9 Å². The number of nitrogens with two attached hydrogens (primary N) is 1. The summed E-state index contributed by atoms with van der Waals surface area (Å²) in [5.41, 5.74) is 5.46. The SMILES string of the molecule is CC(CCN)NCc1ccc(Br)s1. The molecule has 74 valence electrons. The van der Waals surface area contributed by atoms with E-state index in [4.69, 9.17) is 5.73 Å². The smallest absolute Gasteiger partial charge is 0.0701 e. The highest BCUT2D eigenvalue weighted by Crippen LogP contribution is 2.21. The van der Waals surface area contributed by atoms with Crippen molar-refractivity contribution in [2.24, 2.45) is 5.73 Å². The molecule has 4 heteroatoms. The van der Waals surface area contributed by atoms with E-state index in [1.807, 2.05) is 0 Å². The zero-order chi connectivity index (χ0) is 9.68. The van der Waals surface area contributed by atoms with Crippen molar-refractivity contribution in [1.29, 1.82) is 0 Å². The van der Waals surface area contributed by atoms with Gasteiger partial charge in [0, 0.05) is 17.5 Å². The number of halogens is 1. The standard InChI is InChI=1S/C9H15BrN2S/c1-7(4-5-11)12-6-8-2-3-9(10)13-8/h2-3,7,12H,4-6,11H2,1H3. The molecule has 1 aromatic heterocycles. The summed E-state index contributed by atoms with van der Waals surface area (Å²) in [4.78, 5) is 1.36. The average molecular weight is 263 g/mol. The van der Waals surface area contributed by atoms with E-state index >= 15 is 0 Å². The Bertz CT molecular complexity index is 250. The van der Waals surface area contributed by atoms with Crippen LogP contribution < -0.4 is 11.1 Å². The molecule has 0 radical (unpaired) electrons. The third-order valence-corrected chi connectivity index (χ3v) is 3.48. The molecule has 0 aliphatic heterocycles. The van der Waals surface area contributed by atoms with Crippen LogP contribution in [-0.4, -0.2) is 12.6 Å². The van der Waals surface area contributed by atoms with E-state index in [0.717, 1.165) is 19.5 Å². The van der Waals surface area contributed by atoms with Crippen molar-refractivity contribution in [2.45, 2.75) is 25.9 Å². The van der Waals surface area contributed by atoms with Crippen molar-refractivity contribution < 1.29 is 0 Å². The Hall–Kier alpha value is 0.1000. The lowest BCUT2D eigenvalue weighted by Gasteiger charge is -2.10. The van der Waals surface area contributed by atoms with E-state index in [1.54, 1.807) is 11.3 Å². The molecular weight excluding hydrogens is 248 g/mol. The van der Waals surface area contributed by atoms with Gasteiger partial charge in [-0.05, 0) is 48.0 Å². The maximum atomic E-state index is 5.46. The number of rotatable bonds is 5. The molecule has 1 atom stereocenters. The van der Waals surface area contributed by atoms with Gasteiger partial charge < -0.3 is 11.1 Å². The van der Waals surface area contributed by atoms with Gasteiger partial charge in [-0.3, -0.25) is 0 Å². The maximum absolute atomic E-state index is 5.46. The molecule has 1 unspecified atom stereocenters. The van der Waals surface area contributed by atoms with E-state index in [1.165, 1.54) is 8.66 Å². The minimum absolute atomic E-state index is 0.505. The van der Waals surface area contributed by atoms with Crippen LogP contribution in [0, 0.1) is 0 Å². The number of nitrogens with one attached hydrogen (secondary N) is 1. The number of hydrogen-bond donors (Lipinski definition) is 2. The molecule has 0 saturated heterocycles. The van der Waals surface area contributed by atoms with Crippen molar-refractivity contribution in [3.63, 3.8) is 0 Å². The highest BCUT2D eigenvalue weighted by atomic mass is 79.9. The molecule has 0 spiro atoms. The second-order valence-electron chi connectivity index (χ2n) is 3.07. The minimum atomic E-state index is 0.505. The van der Waals surface area contributed by atoms with Crippen LogP contribution in [0.5, 0.6) is 0 Å². The van der Waals surface area contributed by atoms with E-state index in [0.29, 0.717) is 6.04 Å². The lowest BCUT2D eigenvalue weighted by atomic mass is 10.2. The van der Waals surface area contributed by atoms with Gasteiger partial charge in [-0.25, -0.2) is 0 Å². The molecule has 0 bridgehead atoms. The summed E-state index contributed by atoms with van der Waals surface area (Å²) in [5, 5.41) is 3.42. The summed E-state index contributed by atoms with van der Waals surface area (Å²) >= 11 is 5.21. The maximum Gasteiger partial charge on any atom is 0.0701 e. The largest absolute Gasteiger partial charge is 0.330 e. The first-order valence-corrected chi connectivity index (χ1v) is 6.01. The highest BCUT2D eigenvalue weighted by molar-refractivity contribution is 9.11. The molecule has 1 rings (SSSR count). The molecule has 0 saturated carbocycles. The molecule has 13 heavy (non-hydrogen) atoms. The predicted molar refractivity (Wildman–Crippen MR) is 62.0 cm³/mol. The molecule has 3 N–H and O–H groups in total. The van der Waals surface area contributed by atoms with Gasteiger partial charge in [0.15, 0.2) is 0 Å². The van der Waals surface area contributed by atoms with Gasteiger partial charge in [0.05, 0.1) is 3.79 Å². The third kappa shape index (κ3) is 4.22. The van der Waals surface area contributed by atoms with Crippen LogP contribution in [-0.2, 0) is 6.54 Å². The fourth-order valence-electron chi connectivity index (χ4n) is 1.07. The predicted octanol–water partition coefficient (Wildman–Crippen LogP) is 2.34. The van der Waals surface area contributed by atoms with Crippen LogP contribution in [0.3, 0.4) is 0 Å². The van der Waals surface area contributed by atoms with Gasteiger partial charge in [-0.15, -0.1) is 11.3 Å². The van der Waals surface area contributed by atoms with Crippen LogP contribution in [0.25, 0.3) is 0 Å². The van der Waals surface area contributed by atoms with Crippen molar-refractivity contribution in [2.75, 3.05) is 6.54 Å². The lowest BCUT2D eigenvalue weighted by Crippen LogP contribution is -2.27. The Morgan fingerprint density at radius 3 is 2.92 bits per heavy atom. The summed E-state index contributed by atoms with van der Waals surface area (Å²) in [6.07, 6.45) is 1.03. The summed E-state index contributed by atoms with van der Waals surface area (Å²) in [6, 6.07) is 4.72. The number of hydrogen-bond acceptors (Lipinski definition) is 3. The normalized spacial score (nSPS) is 13.2. The number of thiophene rings is 1. The van der Waals surface area contributed by atoms with Crippen molar-refractivity contribution in [1.82, 2.24) is 5.32 Å². The van der Waals surface area contributed by atoms with Crippen molar-refractivity contribution in [3.8, 4) is 0 Å². The fraction of sp³-hybridized carbons (Fsp3) is 0.556. The van der Waals surface area contributed by atoms with E-state index in [2.05, 4.69) is 40.3 Å². The summed E-state index contributed by atoms with van der Waals surface area (Å²) in [6.45, 7) is 3.86. The van der Waals surface area contributed by atoms with Gasteiger partial charge in [-0.2, -0.15) is 0 Å². The van der Waals surface area contributed by atoms with E-state index in [9.17, 15) is 0 Å². The van der Waals surface area contributed by atoms with Gasteiger partial charge in [-0.1, -0.05) is 0 Å². The summed E-state index contributed by atoms with van der Waals surface area (Å²) in [7, 11) is 0. The molecular formula is C9H15BrN2S.